The van der Waals surface area contributed by atoms with Crippen molar-refractivity contribution in [2.75, 3.05) is 5.43 Å². The number of rotatable bonds is 4. The summed E-state index contributed by atoms with van der Waals surface area (Å²) in [6.07, 6.45) is 0.607. The van der Waals surface area contributed by atoms with Crippen molar-refractivity contribution < 1.29 is 14.9 Å². The number of hydrazine groups is 1. The summed E-state index contributed by atoms with van der Waals surface area (Å²) >= 11 is 0. The highest BCUT2D eigenvalue weighted by Crippen LogP contribution is 2.41. The van der Waals surface area contributed by atoms with Crippen molar-refractivity contribution in [1.82, 2.24) is 9.58 Å². The maximum atomic E-state index is 10.5. The second kappa shape index (κ2) is 7.60. The Morgan fingerprint density at radius 2 is 1.70 bits per heavy atom. The number of hydrogen-bond acceptors (Lipinski definition) is 6. The first-order chi connectivity index (χ1) is 14.6. The third kappa shape index (κ3) is 3.27. The zero-order valence-electron chi connectivity index (χ0n) is 16.6. The van der Waals surface area contributed by atoms with Crippen molar-refractivity contribution in [2.24, 2.45) is 4.99 Å². The Morgan fingerprint density at radius 3 is 2.37 bits per heavy atom. The highest BCUT2D eigenvalue weighted by atomic mass is 16.6. The van der Waals surface area contributed by atoms with Crippen LogP contribution >= 0.6 is 0 Å². The van der Waals surface area contributed by atoms with E-state index in [4.69, 9.17) is 4.74 Å². The maximum absolute atomic E-state index is 10.5. The van der Waals surface area contributed by atoms with Crippen LogP contribution in [0, 0.1) is 0 Å². The number of ether oxygens (including phenoxy) is 1. The molecule has 0 aliphatic carbocycles. The van der Waals surface area contributed by atoms with Gasteiger partial charge in [-0.25, -0.2) is 4.99 Å². The normalized spacial score (nSPS) is 25.4. The molecule has 7 heteroatoms. The second-order valence-corrected chi connectivity index (χ2v) is 7.68. The first kappa shape index (κ1) is 18.9. The molecule has 2 aliphatic rings. The van der Waals surface area contributed by atoms with Crippen LogP contribution < -0.4 is 5.43 Å². The van der Waals surface area contributed by atoms with Gasteiger partial charge in [-0.05, 0) is 24.6 Å². The number of anilines is 1. The molecule has 1 aromatic heterocycles. The molecule has 0 radical (unpaired) electrons. The molecule has 7 nitrogen and oxygen atoms in total. The highest BCUT2D eigenvalue weighted by molar-refractivity contribution is 5.77. The number of benzene rings is 2. The van der Waals surface area contributed by atoms with E-state index in [0.29, 0.717) is 6.54 Å². The smallest absolute Gasteiger partial charge is 0.164 e. The molecule has 0 saturated carbocycles. The van der Waals surface area contributed by atoms with E-state index >= 15 is 0 Å². The van der Waals surface area contributed by atoms with Crippen molar-refractivity contribution >= 4 is 17.8 Å². The van der Waals surface area contributed by atoms with Crippen molar-refractivity contribution in [1.29, 1.82) is 0 Å². The van der Waals surface area contributed by atoms with E-state index in [0.717, 1.165) is 28.2 Å². The van der Waals surface area contributed by atoms with Crippen LogP contribution in [0.15, 0.2) is 71.9 Å². The predicted octanol–water partition coefficient (Wildman–Crippen LogP) is 3.30. The van der Waals surface area contributed by atoms with Crippen LogP contribution in [0.25, 0.3) is 11.1 Å². The van der Waals surface area contributed by atoms with Gasteiger partial charge in [-0.3, -0.25) is 10.4 Å². The standard InChI is InChI=1S/C23H24N4O3/c1-15-20(28)21(29)23(30-15)27-13-18(16-8-4-2-5-9-16)19-12-26(14-24-22(19)27)25-17-10-6-3-7-11-17/h2-11,13-15,20-21,23,25,28-29H,12H2,1H3/t15-,20-,21-,23-/m1/s1. The summed E-state index contributed by atoms with van der Waals surface area (Å²) in [7, 11) is 0. The number of aromatic nitrogens is 1. The molecule has 0 bridgehead atoms. The number of nitrogens with one attached hydrogen (secondary N) is 1. The number of nitrogens with zero attached hydrogens (tertiary/aromatic N) is 3. The van der Waals surface area contributed by atoms with Gasteiger partial charge in [-0.15, -0.1) is 0 Å². The zero-order chi connectivity index (χ0) is 20.7. The third-order valence-corrected chi connectivity index (χ3v) is 5.64. The molecule has 2 aromatic carbocycles. The Kier molecular flexibility index (Phi) is 4.78. The Balaban J connectivity index is 1.54. The predicted molar refractivity (Wildman–Crippen MR) is 115 cm³/mol. The van der Waals surface area contributed by atoms with Gasteiger partial charge < -0.3 is 19.5 Å². The second-order valence-electron chi connectivity index (χ2n) is 7.68. The van der Waals surface area contributed by atoms with Gasteiger partial charge in [-0.1, -0.05) is 48.5 Å². The lowest BCUT2D eigenvalue weighted by atomic mass is 10.0. The molecule has 2 aliphatic heterocycles. The van der Waals surface area contributed by atoms with E-state index < -0.39 is 24.5 Å². The molecule has 5 rings (SSSR count). The van der Waals surface area contributed by atoms with Gasteiger partial charge in [0, 0.05) is 17.3 Å². The third-order valence-electron chi connectivity index (χ3n) is 5.64. The zero-order valence-corrected chi connectivity index (χ0v) is 16.6. The Bertz CT molecular complexity index is 1050. The number of aliphatic imine (C=N–C) groups is 1. The molecule has 0 spiro atoms. The van der Waals surface area contributed by atoms with E-state index in [1.54, 1.807) is 13.3 Å². The lowest BCUT2D eigenvalue weighted by Crippen LogP contribution is -2.31. The van der Waals surface area contributed by atoms with E-state index in [9.17, 15) is 10.2 Å². The number of aliphatic hydroxyl groups excluding tert-OH is 2. The molecule has 0 amide bonds. The molecule has 3 N–H and O–H groups in total. The molecule has 154 valence electrons. The van der Waals surface area contributed by atoms with Crippen LogP contribution in [-0.2, 0) is 11.3 Å². The Labute approximate surface area is 174 Å². The molecule has 3 aromatic rings. The minimum atomic E-state index is -1.02. The van der Waals surface area contributed by atoms with Crippen molar-refractivity contribution in [3.63, 3.8) is 0 Å². The molecule has 1 saturated heterocycles. The maximum Gasteiger partial charge on any atom is 0.164 e. The van der Waals surface area contributed by atoms with Crippen molar-refractivity contribution in [3.8, 4) is 11.1 Å². The lowest BCUT2D eigenvalue weighted by molar-refractivity contribution is -0.0308. The molecule has 4 atom stereocenters. The van der Waals surface area contributed by atoms with Crippen LogP contribution in [0.3, 0.4) is 0 Å². The van der Waals surface area contributed by atoms with Gasteiger partial charge in [0.2, 0.25) is 0 Å². The minimum Gasteiger partial charge on any atom is -0.388 e. The van der Waals surface area contributed by atoms with E-state index in [1.165, 1.54) is 0 Å². The van der Waals surface area contributed by atoms with Gasteiger partial charge >= 0.3 is 0 Å². The van der Waals surface area contributed by atoms with Crippen LogP contribution in [0.5, 0.6) is 0 Å². The molecular formula is C23H24N4O3. The number of aliphatic hydroxyl groups is 2. The molecule has 30 heavy (non-hydrogen) atoms. The van der Waals surface area contributed by atoms with Crippen LogP contribution in [0.2, 0.25) is 0 Å². The number of hydrogen-bond donors (Lipinski definition) is 3. The highest BCUT2D eigenvalue weighted by Gasteiger charge is 2.42. The summed E-state index contributed by atoms with van der Waals surface area (Å²) in [6, 6.07) is 20.0. The molecule has 0 unspecified atom stereocenters. The van der Waals surface area contributed by atoms with Gasteiger partial charge in [0.25, 0.3) is 0 Å². The Morgan fingerprint density at radius 1 is 1.00 bits per heavy atom. The van der Waals surface area contributed by atoms with Crippen molar-refractivity contribution in [2.45, 2.75) is 38.0 Å². The summed E-state index contributed by atoms with van der Waals surface area (Å²) in [5, 5.41) is 22.7. The van der Waals surface area contributed by atoms with E-state index in [-0.39, 0.29) is 0 Å². The lowest BCUT2D eigenvalue weighted by Gasteiger charge is -2.26. The summed E-state index contributed by atoms with van der Waals surface area (Å²) in [5.74, 6) is 0.727. The van der Waals surface area contributed by atoms with Crippen LogP contribution in [-0.4, -0.2) is 44.4 Å². The van der Waals surface area contributed by atoms with Gasteiger partial charge in [0.05, 0.1) is 18.3 Å². The quantitative estimate of drug-likeness (QED) is 0.622. The average Bonchev–Trinajstić information content (AvgIpc) is 3.27. The molecular weight excluding hydrogens is 380 g/mol. The first-order valence-corrected chi connectivity index (χ1v) is 10.0. The first-order valence-electron chi connectivity index (χ1n) is 10.0. The Hall–Kier alpha value is -3.13. The fraction of sp³-hybridized carbons (Fsp3) is 0.261. The molecule has 3 heterocycles. The molecule has 1 fully saturated rings. The van der Waals surface area contributed by atoms with Gasteiger partial charge in [0.1, 0.15) is 24.4 Å². The summed E-state index contributed by atoms with van der Waals surface area (Å²) < 4.78 is 7.71. The topological polar surface area (TPSA) is 82.2 Å². The summed E-state index contributed by atoms with van der Waals surface area (Å²) in [5.41, 5.74) is 7.43. The monoisotopic (exact) mass is 404 g/mol. The van der Waals surface area contributed by atoms with Gasteiger partial charge in [0.15, 0.2) is 6.23 Å². The number of para-hydroxylation sites is 1. The van der Waals surface area contributed by atoms with E-state index in [2.05, 4.69) is 22.6 Å². The van der Waals surface area contributed by atoms with Crippen LogP contribution in [0.4, 0.5) is 11.5 Å². The SMILES string of the molecule is C[C@H]1O[C@@H](n2cc(-c3ccccc3)c3c2N=CN(Nc2ccccc2)C3)[C@H](O)[C@@H]1O. The summed E-state index contributed by atoms with van der Waals surface area (Å²) in [6.45, 7) is 2.35. The van der Waals surface area contributed by atoms with Gasteiger partial charge in [-0.2, -0.15) is 0 Å². The summed E-state index contributed by atoms with van der Waals surface area (Å²) in [4.78, 5) is 4.67. The fourth-order valence-electron chi connectivity index (χ4n) is 4.06. The number of fused-ring (bicyclic) bond motifs is 1. The average molecular weight is 404 g/mol. The fourth-order valence-corrected chi connectivity index (χ4v) is 4.06. The van der Waals surface area contributed by atoms with Crippen LogP contribution in [0.1, 0.15) is 18.7 Å². The minimum absolute atomic E-state index is 0.452. The largest absolute Gasteiger partial charge is 0.388 e. The van der Waals surface area contributed by atoms with E-state index in [1.807, 2.05) is 64.3 Å². The van der Waals surface area contributed by atoms with Crippen molar-refractivity contribution in [3.05, 3.63) is 72.4 Å².